The lowest BCUT2D eigenvalue weighted by molar-refractivity contribution is -0.132. The number of likely N-dealkylation sites (tertiary alicyclic amines) is 1. The largest absolute Gasteiger partial charge is 0.319 e. The van der Waals surface area contributed by atoms with Gasteiger partial charge in [0.25, 0.3) is 0 Å². The van der Waals surface area contributed by atoms with E-state index in [0.717, 1.165) is 19.3 Å². The molecule has 0 spiro atoms. The summed E-state index contributed by atoms with van der Waals surface area (Å²) in [4.78, 5) is 13.3. The molecule has 0 radical (unpaired) electrons. The van der Waals surface area contributed by atoms with E-state index in [1.54, 1.807) is 0 Å². The van der Waals surface area contributed by atoms with E-state index in [9.17, 15) is 4.79 Å². The van der Waals surface area contributed by atoms with Gasteiger partial charge in [0.05, 0.1) is 0 Å². The predicted molar refractivity (Wildman–Crippen MR) is 52.0 cm³/mol. The van der Waals surface area contributed by atoms with Crippen LogP contribution in [0.2, 0.25) is 0 Å². The molecule has 0 saturated carbocycles. The molecule has 1 heterocycles. The fourth-order valence-corrected chi connectivity index (χ4v) is 2.59. The van der Waals surface area contributed by atoms with Gasteiger partial charge in [-0.2, -0.15) is 0 Å². The molecule has 1 fully saturated rings. The molecule has 2 rings (SSSR count). The van der Waals surface area contributed by atoms with Gasteiger partial charge in [-0.05, 0) is 25.7 Å². The molecule has 1 aliphatic carbocycles. The van der Waals surface area contributed by atoms with Crippen molar-refractivity contribution in [1.29, 1.82) is 0 Å². The summed E-state index contributed by atoms with van der Waals surface area (Å²) in [6, 6.07) is 0. The molecule has 2 aliphatic rings. The zero-order chi connectivity index (χ0) is 9.47. The Kier molecular flexibility index (Phi) is 1.94. The van der Waals surface area contributed by atoms with Crippen molar-refractivity contribution >= 4 is 5.91 Å². The van der Waals surface area contributed by atoms with Crippen LogP contribution >= 0.6 is 0 Å². The Hall–Kier alpha value is -0.790. The lowest BCUT2D eigenvalue weighted by atomic mass is 9.72. The first-order valence-corrected chi connectivity index (χ1v) is 5.11. The van der Waals surface area contributed by atoms with E-state index < -0.39 is 0 Å². The molecule has 1 atom stereocenters. The van der Waals surface area contributed by atoms with Crippen molar-refractivity contribution in [3.05, 3.63) is 11.8 Å². The van der Waals surface area contributed by atoms with Gasteiger partial charge >= 0.3 is 0 Å². The van der Waals surface area contributed by atoms with Crippen molar-refractivity contribution in [2.75, 3.05) is 7.05 Å². The smallest absolute Gasteiger partial charge is 0.226 e. The number of hydrogen-bond acceptors (Lipinski definition) is 1. The van der Waals surface area contributed by atoms with Gasteiger partial charge in [0, 0.05) is 24.6 Å². The number of piperidine rings is 1. The molecule has 0 aromatic carbocycles. The molecule has 72 valence electrons. The van der Waals surface area contributed by atoms with Crippen LogP contribution in [-0.4, -0.2) is 17.9 Å². The maximum atomic E-state index is 11.5. The Bertz CT molecular complexity index is 269. The monoisotopic (exact) mass is 179 g/mol. The number of hydrogen-bond donors (Lipinski definition) is 0. The quantitative estimate of drug-likeness (QED) is 0.559. The summed E-state index contributed by atoms with van der Waals surface area (Å²) in [6.07, 6.45) is 7.69. The highest BCUT2D eigenvalue weighted by Gasteiger charge is 2.38. The number of nitrogens with zero attached hydrogens (tertiary/aromatic N) is 1. The summed E-state index contributed by atoms with van der Waals surface area (Å²) < 4.78 is 0. The van der Waals surface area contributed by atoms with Gasteiger partial charge in [0.15, 0.2) is 0 Å². The van der Waals surface area contributed by atoms with Gasteiger partial charge in [-0.15, -0.1) is 0 Å². The van der Waals surface area contributed by atoms with E-state index in [2.05, 4.69) is 13.0 Å². The Morgan fingerprint density at radius 1 is 1.46 bits per heavy atom. The summed E-state index contributed by atoms with van der Waals surface area (Å²) in [6.45, 7) is 2.29. The van der Waals surface area contributed by atoms with E-state index >= 15 is 0 Å². The number of amides is 1. The highest BCUT2D eigenvalue weighted by atomic mass is 16.2. The maximum absolute atomic E-state index is 11.5. The van der Waals surface area contributed by atoms with Crippen molar-refractivity contribution in [3.63, 3.8) is 0 Å². The summed E-state index contributed by atoms with van der Waals surface area (Å²) in [5.41, 5.74) is 1.57. The molecule has 13 heavy (non-hydrogen) atoms. The van der Waals surface area contributed by atoms with E-state index in [4.69, 9.17) is 0 Å². The number of carbonyl (C=O) groups is 1. The Morgan fingerprint density at radius 2 is 2.23 bits per heavy atom. The average molecular weight is 179 g/mol. The second-order valence-corrected chi connectivity index (χ2v) is 4.50. The first kappa shape index (κ1) is 8.79. The SMILES string of the molecule is CN1C(=O)CC[C@]2(C)CCCC=C12. The molecular formula is C11H17NO. The molecule has 2 heteroatoms. The lowest BCUT2D eigenvalue weighted by Crippen LogP contribution is -2.41. The van der Waals surface area contributed by atoms with Gasteiger partial charge in [-0.25, -0.2) is 0 Å². The van der Waals surface area contributed by atoms with Crippen molar-refractivity contribution < 1.29 is 4.79 Å². The van der Waals surface area contributed by atoms with Crippen LogP contribution in [0.5, 0.6) is 0 Å². The van der Waals surface area contributed by atoms with E-state index in [1.807, 2.05) is 11.9 Å². The second kappa shape index (κ2) is 2.86. The van der Waals surface area contributed by atoms with Gasteiger partial charge in [0.2, 0.25) is 5.91 Å². The molecule has 1 aliphatic heterocycles. The molecule has 0 bridgehead atoms. The van der Waals surface area contributed by atoms with E-state index in [1.165, 1.54) is 18.5 Å². The van der Waals surface area contributed by atoms with Crippen molar-refractivity contribution in [3.8, 4) is 0 Å². The minimum absolute atomic E-state index is 0.283. The summed E-state index contributed by atoms with van der Waals surface area (Å²) >= 11 is 0. The molecule has 0 aromatic rings. The Balaban J connectivity index is 2.33. The average Bonchev–Trinajstić information content (AvgIpc) is 2.12. The van der Waals surface area contributed by atoms with E-state index in [-0.39, 0.29) is 5.91 Å². The minimum Gasteiger partial charge on any atom is -0.319 e. The second-order valence-electron chi connectivity index (χ2n) is 4.50. The first-order valence-electron chi connectivity index (χ1n) is 5.11. The van der Waals surface area contributed by atoms with Crippen LogP contribution in [0.1, 0.15) is 39.0 Å². The number of allylic oxidation sites excluding steroid dienone is 2. The van der Waals surface area contributed by atoms with Crippen LogP contribution in [0.15, 0.2) is 11.8 Å². The Labute approximate surface area is 79.6 Å². The van der Waals surface area contributed by atoms with Crippen LogP contribution in [0.4, 0.5) is 0 Å². The third-order valence-corrected chi connectivity index (χ3v) is 3.51. The summed E-state index contributed by atoms with van der Waals surface area (Å²) in [5.74, 6) is 0.283. The van der Waals surface area contributed by atoms with Crippen LogP contribution in [0.3, 0.4) is 0 Å². The first-order chi connectivity index (χ1) is 6.13. The highest BCUT2D eigenvalue weighted by Crippen LogP contribution is 2.45. The highest BCUT2D eigenvalue weighted by molar-refractivity contribution is 5.79. The zero-order valence-corrected chi connectivity index (χ0v) is 8.47. The van der Waals surface area contributed by atoms with Gasteiger partial charge in [0.1, 0.15) is 0 Å². The lowest BCUT2D eigenvalue weighted by Gasteiger charge is -2.43. The maximum Gasteiger partial charge on any atom is 0.226 e. The fraction of sp³-hybridized carbons (Fsp3) is 0.727. The summed E-state index contributed by atoms with van der Waals surface area (Å²) in [7, 11) is 1.91. The number of carbonyl (C=O) groups excluding carboxylic acids is 1. The van der Waals surface area contributed by atoms with Crippen molar-refractivity contribution in [2.24, 2.45) is 5.41 Å². The molecule has 0 N–H and O–H groups in total. The number of rotatable bonds is 0. The predicted octanol–water partition coefficient (Wildman–Crippen LogP) is 2.31. The molecule has 0 aromatic heterocycles. The molecule has 1 saturated heterocycles. The molecule has 1 amide bonds. The zero-order valence-electron chi connectivity index (χ0n) is 8.47. The third-order valence-electron chi connectivity index (χ3n) is 3.51. The van der Waals surface area contributed by atoms with Gasteiger partial charge in [-0.1, -0.05) is 13.0 Å². The van der Waals surface area contributed by atoms with Crippen molar-refractivity contribution in [2.45, 2.75) is 39.0 Å². The molecular weight excluding hydrogens is 162 g/mol. The van der Waals surface area contributed by atoms with Gasteiger partial charge < -0.3 is 4.90 Å². The summed E-state index contributed by atoms with van der Waals surface area (Å²) in [5, 5.41) is 0. The van der Waals surface area contributed by atoms with Crippen LogP contribution in [-0.2, 0) is 4.79 Å². The third kappa shape index (κ3) is 1.28. The van der Waals surface area contributed by atoms with E-state index in [0.29, 0.717) is 5.41 Å². The molecule has 0 unspecified atom stereocenters. The topological polar surface area (TPSA) is 20.3 Å². The Morgan fingerprint density at radius 3 is 3.00 bits per heavy atom. The fourth-order valence-electron chi connectivity index (χ4n) is 2.59. The number of fused-ring (bicyclic) bond motifs is 1. The van der Waals surface area contributed by atoms with Gasteiger partial charge in [-0.3, -0.25) is 4.79 Å². The van der Waals surface area contributed by atoms with Crippen LogP contribution < -0.4 is 0 Å². The van der Waals surface area contributed by atoms with Crippen molar-refractivity contribution in [1.82, 2.24) is 4.90 Å². The minimum atomic E-state index is 0.283. The molecule has 2 nitrogen and oxygen atoms in total. The van der Waals surface area contributed by atoms with Crippen LogP contribution in [0.25, 0.3) is 0 Å². The van der Waals surface area contributed by atoms with Crippen LogP contribution in [0, 0.1) is 5.41 Å². The normalized spacial score (nSPS) is 34.2. The standard InChI is InChI=1S/C11H17NO/c1-11-7-4-3-5-9(11)12(2)10(13)6-8-11/h5H,3-4,6-8H2,1-2H3/t11-/m0/s1.